The largest absolute Gasteiger partial charge is 0.459 e. The molecule has 1 aromatic carbocycles. The fourth-order valence-electron chi connectivity index (χ4n) is 1.66. The highest BCUT2D eigenvalue weighted by molar-refractivity contribution is 6.03. The van der Waals surface area contributed by atoms with Gasteiger partial charge in [-0.05, 0) is 18.6 Å². The van der Waals surface area contributed by atoms with E-state index in [0.29, 0.717) is 6.42 Å². The Bertz CT molecular complexity index is 580. The Morgan fingerprint density at radius 2 is 1.78 bits per heavy atom. The molecule has 0 radical (unpaired) electrons. The molecule has 0 amide bonds. The average molecular weight is 322 g/mol. The molecule has 1 aromatic rings. The Labute approximate surface area is 133 Å². The van der Waals surface area contributed by atoms with Crippen LogP contribution in [-0.4, -0.2) is 35.7 Å². The zero-order valence-electron chi connectivity index (χ0n) is 12.7. The molecule has 124 valence electrons. The fourth-order valence-corrected chi connectivity index (χ4v) is 1.66. The van der Waals surface area contributed by atoms with Crippen LogP contribution in [0.2, 0.25) is 0 Å². The van der Waals surface area contributed by atoms with Gasteiger partial charge in [0.1, 0.15) is 6.61 Å². The van der Waals surface area contributed by atoms with E-state index < -0.39 is 24.0 Å². The molecule has 0 aromatic heterocycles. The van der Waals surface area contributed by atoms with Crippen LogP contribution in [0.15, 0.2) is 36.9 Å². The molecule has 0 spiro atoms. The number of hydrogen-bond acceptors (Lipinski definition) is 7. The Kier molecular flexibility index (Phi) is 7.49. The predicted molar refractivity (Wildman–Crippen MR) is 79.3 cm³/mol. The lowest BCUT2D eigenvalue weighted by Crippen LogP contribution is -2.20. The molecule has 0 aliphatic rings. The van der Waals surface area contributed by atoms with Gasteiger partial charge in [0.15, 0.2) is 0 Å². The van der Waals surface area contributed by atoms with Crippen molar-refractivity contribution in [3.63, 3.8) is 0 Å². The smallest absolute Gasteiger partial charge is 0.387 e. The fraction of sp³-hybridized carbons (Fsp3) is 0.312. The summed E-state index contributed by atoms with van der Waals surface area (Å²) in [6.45, 7) is 4.86. The number of carbonyl (C=O) groups is 3. The van der Waals surface area contributed by atoms with Crippen molar-refractivity contribution >= 4 is 17.9 Å². The van der Waals surface area contributed by atoms with Crippen molar-refractivity contribution in [2.45, 2.75) is 25.9 Å². The summed E-state index contributed by atoms with van der Waals surface area (Å²) >= 11 is 0. The van der Waals surface area contributed by atoms with E-state index in [9.17, 15) is 19.5 Å². The minimum atomic E-state index is -1.03. The first kappa shape index (κ1) is 18.4. The van der Waals surface area contributed by atoms with Crippen molar-refractivity contribution in [1.29, 1.82) is 0 Å². The number of hydrogen-bond donors (Lipinski definition) is 1. The number of benzene rings is 1. The third kappa shape index (κ3) is 5.91. The van der Waals surface area contributed by atoms with E-state index in [-0.39, 0.29) is 17.7 Å². The van der Waals surface area contributed by atoms with Crippen LogP contribution in [0.4, 0.5) is 0 Å². The summed E-state index contributed by atoms with van der Waals surface area (Å²) < 4.78 is 4.96. The summed E-state index contributed by atoms with van der Waals surface area (Å²) in [4.78, 5) is 43.2. The second kappa shape index (κ2) is 9.37. The molecule has 0 saturated carbocycles. The van der Waals surface area contributed by atoms with Crippen LogP contribution in [0, 0.1) is 0 Å². The highest BCUT2D eigenvalue weighted by Gasteiger charge is 2.21. The molecule has 23 heavy (non-hydrogen) atoms. The first-order chi connectivity index (χ1) is 11.0. The number of rotatable bonds is 7. The molecule has 1 unspecified atom stereocenters. The van der Waals surface area contributed by atoms with Crippen LogP contribution in [0.25, 0.3) is 0 Å². The molecule has 0 aliphatic heterocycles. The molecule has 0 bridgehead atoms. The Morgan fingerprint density at radius 3 is 2.35 bits per heavy atom. The van der Waals surface area contributed by atoms with E-state index in [0.717, 1.165) is 12.5 Å². The molecule has 7 heteroatoms. The van der Waals surface area contributed by atoms with E-state index in [4.69, 9.17) is 4.74 Å². The number of ether oxygens (including phenoxy) is 1. The van der Waals surface area contributed by atoms with Crippen molar-refractivity contribution in [3.8, 4) is 0 Å². The minimum absolute atomic E-state index is 0.0594. The first-order valence-electron chi connectivity index (χ1n) is 6.99. The van der Waals surface area contributed by atoms with Gasteiger partial charge < -0.3 is 9.84 Å². The van der Waals surface area contributed by atoms with Crippen molar-refractivity contribution in [2.75, 3.05) is 6.61 Å². The van der Waals surface area contributed by atoms with Crippen LogP contribution < -0.4 is 0 Å². The number of esters is 1. The van der Waals surface area contributed by atoms with E-state index in [1.165, 1.54) is 24.3 Å². The lowest BCUT2D eigenvalue weighted by molar-refractivity contribution is -0.228. The molecule has 0 saturated heterocycles. The van der Waals surface area contributed by atoms with Crippen molar-refractivity contribution < 1.29 is 34.0 Å². The Morgan fingerprint density at radius 1 is 1.17 bits per heavy atom. The Balaban J connectivity index is 2.76. The first-order valence-corrected chi connectivity index (χ1v) is 6.99. The van der Waals surface area contributed by atoms with E-state index in [1.54, 1.807) is 0 Å². The minimum Gasteiger partial charge on any atom is -0.459 e. The molecular formula is C16H18O7. The maximum absolute atomic E-state index is 12.0. The SMILES string of the molecule is C=CC(=O)OOC(=O)c1ccccc1C(=O)OCC(O)CCC. The third-order valence-electron chi connectivity index (χ3n) is 2.76. The summed E-state index contributed by atoms with van der Waals surface area (Å²) in [6.07, 6.45) is 1.30. The van der Waals surface area contributed by atoms with Gasteiger partial charge in [-0.2, -0.15) is 0 Å². The Hall–Kier alpha value is -2.67. The van der Waals surface area contributed by atoms with Gasteiger partial charge in [-0.1, -0.05) is 32.1 Å². The summed E-state index contributed by atoms with van der Waals surface area (Å²) in [6, 6.07) is 5.73. The van der Waals surface area contributed by atoms with Gasteiger partial charge in [-0.3, -0.25) is 0 Å². The summed E-state index contributed by atoms with van der Waals surface area (Å²) in [5.74, 6) is -2.76. The van der Waals surface area contributed by atoms with Crippen molar-refractivity contribution in [1.82, 2.24) is 0 Å². The van der Waals surface area contributed by atoms with Gasteiger partial charge in [0.2, 0.25) is 0 Å². The lowest BCUT2D eigenvalue weighted by Gasteiger charge is -2.11. The molecule has 0 fully saturated rings. The number of carbonyl (C=O) groups excluding carboxylic acids is 3. The van der Waals surface area contributed by atoms with Gasteiger partial charge in [-0.25, -0.2) is 24.2 Å². The van der Waals surface area contributed by atoms with Gasteiger partial charge >= 0.3 is 17.9 Å². The molecular weight excluding hydrogens is 304 g/mol. The average Bonchev–Trinajstić information content (AvgIpc) is 2.57. The molecule has 1 atom stereocenters. The van der Waals surface area contributed by atoms with Crippen LogP contribution >= 0.6 is 0 Å². The second-order valence-corrected chi connectivity index (χ2v) is 4.56. The van der Waals surface area contributed by atoms with E-state index in [1.807, 2.05) is 6.92 Å². The third-order valence-corrected chi connectivity index (χ3v) is 2.76. The van der Waals surface area contributed by atoms with Crippen LogP contribution in [0.1, 0.15) is 40.5 Å². The summed E-state index contributed by atoms with van der Waals surface area (Å²) in [5, 5.41) is 9.56. The van der Waals surface area contributed by atoms with Crippen molar-refractivity contribution in [3.05, 3.63) is 48.0 Å². The van der Waals surface area contributed by atoms with E-state index >= 15 is 0 Å². The summed E-state index contributed by atoms with van der Waals surface area (Å²) in [5.41, 5.74) is -0.185. The molecule has 7 nitrogen and oxygen atoms in total. The maximum Gasteiger partial charge on any atom is 0.387 e. The molecule has 1 N–H and O–H groups in total. The van der Waals surface area contributed by atoms with Gasteiger partial charge in [-0.15, -0.1) is 0 Å². The van der Waals surface area contributed by atoms with Crippen LogP contribution in [0.5, 0.6) is 0 Å². The number of aliphatic hydroxyl groups is 1. The topological polar surface area (TPSA) is 99.1 Å². The quantitative estimate of drug-likeness (QED) is 0.354. The molecule has 0 aliphatic carbocycles. The molecule has 0 heterocycles. The monoisotopic (exact) mass is 322 g/mol. The second-order valence-electron chi connectivity index (χ2n) is 4.56. The molecule has 1 rings (SSSR count). The van der Waals surface area contributed by atoms with Gasteiger partial charge in [0, 0.05) is 6.08 Å². The standard InChI is InChI=1S/C16H18O7/c1-3-7-11(17)10-21-15(19)12-8-5-6-9-13(12)16(20)23-22-14(18)4-2/h4-6,8-9,11,17H,2-3,7,10H2,1H3. The number of aliphatic hydroxyl groups excluding tert-OH is 1. The highest BCUT2D eigenvalue weighted by Crippen LogP contribution is 2.13. The zero-order chi connectivity index (χ0) is 17.2. The van der Waals surface area contributed by atoms with Crippen LogP contribution in [0.3, 0.4) is 0 Å². The van der Waals surface area contributed by atoms with Crippen LogP contribution in [-0.2, 0) is 19.3 Å². The van der Waals surface area contributed by atoms with Gasteiger partial charge in [0.05, 0.1) is 17.2 Å². The normalized spacial score (nSPS) is 11.2. The van der Waals surface area contributed by atoms with Gasteiger partial charge in [0.25, 0.3) is 0 Å². The maximum atomic E-state index is 12.0. The zero-order valence-corrected chi connectivity index (χ0v) is 12.7. The predicted octanol–water partition coefficient (Wildman–Crippen LogP) is 1.81. The summed E-state index contributed by atoms with van der Waals surface area (Å²) in [7, 11) is 0. The van der Waals surface area contributed by atoms with Crippen molar-refractivity contribution in [2.24, 2.45) is 0 Å². The lowest BCUT2D eigenvalue weighted by atomic mass is 10.1. The highest BCUT2D eigenvalue weighted by atomic mass is 17.2. The van der Waals surface area contributed by atoms with E-state index in [2.05, 4.69) is 16.4 Å².